The number of fused-ring (bicyclic) bond motifs is 3. The van der Waals surface area contributed by atoms with E-state index in [-0.39, 0.29) is 12.1 Å². The van der Waals surface area contributed by atoms with Gasteiger partial charge in [0.25, 0.3) is 0 Å². The molecular weight excluding hydrogens is 486 g/mol. The number of ether oxygens (including phenoxy) is 1. The van der Waals surface area contributed by atoms with Crippen LogP contribution in [0.3, 0.4) is 0 Å². The van der Waals surface area contributed by atoms with Crippen LogP contribution in [0.5, 0.6) is 5.75 Å². The van der Waals surface area contributed by atoms with Gasteiger partial charge in [0, 0.05) is 11.8 Å². The number of benzene rings is 3. The van der Waals surface area contributed by atoms with Gasteiger partial charge in [-0.3, -0.25) is 0 Å². The van der Waals surface area contributed by atoms with Crippen molar-refractivity contribution in [1.82, 2.24) is 19.2 Å². The number of hydrogen-bond donors (Lipinski definition) is 1. The number of carbonyl (C=O) groups excluding carboxylic acids is 1. The van der Waals surface area contributed by atoms with Gasteiger partial charge in [-0.15, -0.1) is 0 Å². The Morgan fingerprint density at radius 2 is 1.67 bits per heavy atom. The summed E-state index contributed by atoms with van der Waals surface area (Å²) in [7, 11) is 1.61. The fourth-order valence-electron chi connectivity index (χ4n) is 5.36. The lowest BCUT2D eigenvalue weighted by Gasteiger charge is -2.31. The Labute approximate surface area is 228 Å². The predicted octanol–water partition coefficient (Wildman–Crippen LogP) is 6.73. The van der Waals surface area contributed by atoms with E-state index in [9.17, 15) is 4.79 Å². The van der Waals surface area contributed by atoms with Crippen LogP contribution in [-0.4, -0.2) is 32.4 Å². The largest absolute Gasteiger partial charge is 0.495 e. The van der Waals surface area contributed by atoms with Crippen LogP contribution in [0.1, 0.15) is 39.7 Å². The van der Waals surface area contributed by atoms with Gasteiger partial charge in [-0.2, -0.15) is 5.10 Å². The molecule has 5 aromatic rings. The van der Waals surface area contributed by atoms with Crippen LogP contribution in [-0.2, 0) is 6.54 Å². The SMILES string of the molecule is COc1ccc(C)cc1NC(=O)N1Cc2c(C)nn(-c3ccccc3)c2-n2cccc2[C@@H]1c1ccc(C)cc1. The number of amides is 2. The minimum Gasteiger partial charge on any atom is -0.495 e. The van der Waals surface area contributed by atoms with Crippen LogP contribution in [0.4, 0.5) is 10.5 Å². The average Bonchev–Trinajstić information content (AvgIpc) is 3.50. The molecule has 1 atom stereocenters. The van der Waals surface area contributed by atoms with Crippen LogP contribution in [0, 0.1) is 20.8 Å². The molecule has 1 aliphatic heterocycles. The van der Waals surface area contributed by atoms with Crippen molar-refractivity contribution in [3.63, 3.8) is 0 Å². The van der Waals surface area contributed by atoms with Crippen LogP contribution < -0.4 is 10.1 Å². The number of urea groups is 1. The third-order valence-corrected chi connectivity index (χ3v) is 7.34. The second-order valence-corrected chi connectivity index (χ2v) is 10.0. The van der Waals surface area contributed by atoms with Gasteiger partial charge < -0.3 is 19.5 Å². The number of nitrogens with zero attached hydrogens (tertiary/aromatic N) is 4. The Morgan fingerprint density at radius 3 is 2.41 bits per heavy atom. The fraction of sp³-hybridized carbons (Fsp3) is 0.188. The lowest BCUT2D eigenvalue weighted by molar-refractivity contribution is 0.194. The highest BCUT2D eigenvalue weighted by Crippen LogP contribution is 2.39. The number of hydrogen-bond acceptors (Lipinski definition) is 3. The highest BCUT2D eigenvalue weighted by Gasteiger charge is 2.36. The van der Waals surface area contributed by atoms with Crippen molar-refractivity contribution in [2.45, 2.75) is 33.4 Å². The predicted molar refractivity (Wildman–Crippen MR) is 153 cm³/mol. The van der Waals surface area contributed by atoms with Crippen LogP contribution in [0.2, 0.25) is 0 Å². The summed E-state index contributed by atoms with van der Waals surface area (Å²) >= 11 is 0. The minimum atomic E-state index is -0.326. The average molecular weight is 518 g/mol. The lowest BCUT2D eigenvalue weighted by Crippen LogP contribution is -2.38. The summed E-state index contributed by atoms with van der Waals surface area (Å²) in [6, 6.07) is 27.9. The molecule has 7 heteroatoms. The van der Waals surface area contributed by atoms with E-state index < -0.39 is 0 Å². The highest BCUT2D eigenvalue weighted by atomic mass is 16.5. The zero-order valence-electron chi connectivity index (χ0n) is 22.6. The zero-order valence-corrected chi connectivity index (χ0v) is 22.6. The topological polar surface area (TPSA) is 64.3 Å². The van der Waals surface area contributed by atoms with Crippen molar-refractivity contribution < 1.29 is 9.53 Å². The van der Waals surface area contributed by atoms with E-state index in [4.69, 9.17) is 9.84 Å². The monoisotopic (exact) mass is 517 g/mol. The van der Waals surface area contributed by atoms with Crippen molar-refractivity contribution in [1.29, 1.82) is 0 Å². The van der Waals surface area contributed by atoms with Gasteiger partial charge in [0.05, 0.1) is 42.5 Å². The molecular formula is C32H31N5O2. The molecule has 3 aromatic carbocycles. The first kappa shape index (κ1) is 24.6. The van der Waals surface area contributed by atoms with E-state index >= 15 is 0 Å². The van der Waals surface area contributed by atoms with E-state index in [0.29, 0.717) is 18.0 Å². The molecule has 7 nitrogen and oxygen atoms in total. The van der Waals surface area contributed by atoms with Crippen molar-refractivity contribution >= 4 is 11.7 Å². The number of para-hydroxylation sites is 1. The third-order valence-electron chi connectivity index (χ3n) is 7.34. The van der Waals surface area contributed by atoms with E-state index in [0.717, 1.165) is 39.6 Å². The molecule has 2 aromatic heterocycles. The third kappa shape index (κ3) is 4.36. The quantitative estimate of drug-likeness (QED) is 0.287. The first-order chi connectivity index (χ1) is 18.9. The lowest BCUT2D eigenvalue weighted by atomic mass is 10.0. The Hall–Kier alpha value is -4.78. The maximum absolute atomic E-state index is 14.2. The van der Waals surface area contributed by atoms with E-state index in [1.165, 1.54) is 5.56 Å². The van der Waals surface area contributed by atoms with Gasteiger partial charge in [0.15, 0.2) is 0 Å². The van der Waals surface area contributed by atoms with Gasteiger partial charge in [-0.25, -0.2) is 9.48 Å². The molecule has 0 aliphatic carbocycles. The first-order valence-electron chi connectivity index (χ1n) is 13.0. The van der Waals surface area contributed by atoms with E-state index in [1.807, 2.05) is 78.0 Å². The molecule has 0 unspecified atom stereocenters. The number of anilines is 1. The van der Waals surface area contributed by atoms with E-state index in [2.05, 4.69) is 53.3 Å². The standard InChI is InChI=1S/C32H31N5O2/c1-21-12-15-24(16-13-21)30-28-11-8-18-35(28)31-26(23(3)34-37(31)25-9-6-5-7-10-25)20-36(30)32(38)33-27-19-22(2)14-17-29(27)39-4/h5-19,30H,20H2,1-4H3,(H,33,38)/t30-/m0/s1. The molecule has 1 aliphatic rings. The molecule has 3 heterocycles. The van der Waals surface area contributed by atoms with Crippen molar-refractivity contribution in [3.05, 3.63) is 125 Å². The fourth-order valence-corrected chi connectivity index (χ4v) is 5.36. The zero-order chi connectivity index (χ0) is 27.1. The van der Waals surface area contributed by atoms with Gasteiger partial charge in [0.1, 0.15) is 11.6 Å². The molecule has 0 radical (unpaired) electrons. The molecule has 1 N–H and O–H groups in total. The minimum absolute atomic E-state index is 0.211. The van der Waals surface area contributed by atoms with Crippen LogP contribution >= 0.6 is 0 Å². The van der Waals surface area contributed by atoms with Gasteiger partial charge in [-0.05, 0) is 68.3 Å². The summed E-state index contributed by atoms with van der Waals surface area (Å²) in [5, 5.41) is 8.07. The van der Waals surface area contributed by atoms with Crippen LogP contribution in [0.25, 0.3) is 11.5 Å². The summed E-state index contributed by atoms with van der Waals surface area (Å²) < 4.78 is 9.71. The normalized spacial score (nSPS) is 14.4. The Morgan fingerprint density at radius 1 is 0.923 bits per heavy atom. The number of carbonyl (C=O) groups is 1. The maximum atomic E-state index is 14.2. The van der Waals surface area contributed by atoms with Crippen molar-refractivity contribution in [2.75, 3.05) is 12.4 Å². The molecule has 0 saturated heterocycles. The molecule has 0 fully saturated rings. The summed E-state index contributed by atoms with van der Waals surface area (Å²) in [5.41, 5.74) is 7.71. The number of methoxy groups -OCH3 is 1. The van der Waals surface area contributed by atoms with Crippen molar-refractivity contribution in [2.24, 2.45) is 0 Å². The smallest absolute Gasteiger partial charge is 0.323 e. The molecule has 0 spiro atoms. The number of nitrogens with one attached hydrogen (secondary N) is 1. The van der Waals surface area contributed by atoms with Gasteiger partial charge in [0.2, 0.25) is 0 Å². The summed E-state index contributed by atoms with van der Waals surface area (Å²) in [5.74, 6) is 1.56. The molecule has 0 bridgehead atoms. The second-order valence-electron chi connectivity index (χ2n) is 10.0. The van der Waals surface area contributed by atoms with Crippen LogP contribution in [0.15, 0.2) is 91.1 Å². The molecule has 196 valence electrons. The molecule has 0 saturated carbocycles. The van der Waals surface area contributed by atoms with Gasteiger partial charge >= 0.3 is 6.03 Å². The number of aromatic nitrogens is 3. The maximum Gasteiger partial charge on any atom is 0.323 e. The molecule has 2 amide bonds. The second kappa shape index (κ2) is 9.83. The Bertz CT molecular complexity index is 1650. The number of aryl methyl sites for hydroxylation is 3. The Balaban J connectivity index is 1.53. The van der Waals surface area contributed by atoms with Crippen molar-refractivity contribution in [3.8, 4) is 17.3 Å². The van der Waals surface area contributed by atoms with E-state index in [1.54, 1.807) is 7.11 Å². The molecule has 39 heavy (non-hydrogen) atoms. The first-order valence-corrected chi connectivity index (χ1v) is 13.0. The Kier molecular flexibility index (Phi) is 6.19. The van der Waals surface area contributed by atoms with Gasteiger partial charge in [-0.1, -0.05) is 54.1 Å². The molecule has 6 rings (SSSR count). The number of rotatable bonds is 4. The summed E-state index contributed by atoms with van der Waals surface area (Å²) in [4.78, 5) is 16.1. The summed E-state index contributed by atoms with van der Waals surface area (Å²) in [6.07, 6.45) is 2.06. The summed E-state index contributed by atoms with van der Waals surface area (Å²) in [6.45, 7) is 6.46. The highest BCUT2D eigenvalue weighted by molar-refractivity contribution is 5.92.